The first kappa shape index (κ1) is 19.1. The summed E-state index contributed by atoms with van der Waals surface area (Å²) in [7, 11) is 0. The zero-order valence-electron chi connectivity index (χ0n) is 15.8. The van der Waals surface area contributed by atoms with Crippen molar-refractivity contribution in [2.75, 3.05) is 26.3 Å². The van der Waals surface area contributed by atoms with Crippen LogP contribution >= 0.6 is 0 Å². The van der Waals surface area contributed by atoms with E-state index in [4.69, 9.17) is 9.72 Å². The first-order valence-electron chi connectivity index (χ1n) is 9.36. The second-order valence-corrected chi connectivity index (χ2v) is 6.37. The molecule has 1 aromatic heterocycles. The molecule has 1 unspecified atom stereocenters. The Kier molecular flexibility index (Phi) is 6.21. The van der Waals surface area contributed by atoms with Crippen LogP contribution in [0.25, 0.3) is 16.6 Å². The highest BCUT2D eigenvalue weighted by Gasteiger charge is 2.17. The number of ether oxygens (including phenoxy) is 1. The molecule has 0 saturated heterocycles. The van der Waals surface area contributed by atoms with Gasteiger partial charge in [0.25, 0.3) is 5.56 Å². The molecule has 2 aromatic carbocycles. The Hall–Kier alpha value is -2.70. The van der Waals surface area contributed by atoms with Crippen molar-refractivity contribution in [1.82, 2.24) is 9.55 Å². The van der Waals surface area contributed by atoms with Gasteiger partial charge in [-0.3, -0.25) is 9.36 Å². The van der Waals surface area contributed by atoms with Gasteiger partial charge < -0.3 is 14.7 Å². The number of fused-ring (bicyclic) bond motifs is 1. The van der Waals surface area contributed by atoms with Crippen LogP contribution in [0.1, 0.15) is 19.7 Å². The molecule has 142 valence electrons. The molecule has 1 atom stereocenters. The van der Waals surface area contributed by atoms with Gasteiger partial charge in [0.05, 0.1) is 36.3 Å². The molecule has 0 aliphatic carbocycles. The molecule has 2 N–H and O–H groups in total. The van der Waals surface area contributed by atoms with Gasteiger partial charge in [0.2, 0.25) is 0 Å². The summed E-state index contributed by atoms with van der Waals surface area (Å²) in [5.41, 5.74) is 1.37. The lowest BCUT2D eigenvalue weighted by Crippen LogP contribution is -3.11. The third-order valence-electron chi connectivity index (χ3n) is 4.62. The minimum atomic E-state index is -0.0841. The highest BCUT2D eigenvalue weighted by molar-refractivity contribution is 5.77. The summed E-state index contributed by atoms with van der Waals surface area (Å²) in [6.07, 6.45) is 0. The maximum atomic E-state index is 13.2. The van der Waals surface area contributed by atoms with Gasteiger partial charge >= 0.3 is 0 Å². The summed E-state index contributed by atoms with van der Waals surface area (Å²) in [5, 5.41) is 9.91. The largest absolute Gasteiger partial charge is 0.494 e. The lowest BCUT2D eigenvalue weighted by atomic mass is 10.2. The molecule has 0 bridgehead atoms. The minimum absolute atomic E-state index is 0.0841. The SMILES string of the molecule is CCOc1ccc(-n2c(C[NH+](CC)CCO)nc3ccccc3c2=O)cc1. The van der Waals surface area contributed by atoms with E-state index >= 15 is 0 Å². The van der Waals surface area contributed by atoms with Gasteiger partial charge in [-0.1, -0.05) is 12.1 Å². The number of hydrogen-bond donors (Lipinski definition) is 2. The minimum Gasteiger partial charge on any atom is -0.494 e. The summed E-state index contributed by atoms with van der Waals surface area (Å²) in [6.45, 7) is 6.71. The molecule has 3 rings (SSSR count). The number of quaternary nitrogens is 1. The van der Waals surface area contributed by atoms with Crippen LogP contribution in [0.5, 0.6) is 5.75 Å². The summed E-state index contributed by atoms with van der Waals surface area (Å²) >= 11 is 0. The fraction of sp³-hybridized carbons (Fsp3) is 0.333. The number of benzene rings is 2. The maximum absolute atomic E-state index is 13.2. The van der Waals surface area contributed by atoms with Gasteiger partial charge in [-0.2, -0.15) is 0 Å². The molecule has 0 aliphatic rings. The molecule has 0 fully saturated rings. The normalized spacial score (nSPS) is 12.3. The lowest BCUT2D eigenvalue weighted by molar-refractivity contribution is -0.913. The van der Waals surface area contributed by atoms with Crippen LogP contribution in [-0.2, 0) is 6.54 Å². The molecule has 0 spiro atoms. The van der Waals surface area contributed by atoms with E-state index in [0.717, 1.165) is 18.0 Å². The number of hydrogen-bond acceptors (Lipinski definition) is 4. The van der Waals surface area contributed by atoms with Crippen molar-refractivity contribution in [1.29, 1.82) is 0 Å². The highest BCUT2D eigenvalue weighted by atomic mass is 16.5. The molecule has 0 amide bonds. The van der Waals surface area contributed by atoms with Crippen LogP contribution in [0.4, 0.5) is 0 Å². The third-order valence-corrected chi connectivity index (χ3v) is 4.62. The molecule has 3 aromatic rings. The molecule has 0 radical (unpaired) electrons. The van der Waals surface area contributed by atoms with Crippen molar-refractivity contribution in [3.8, 4) is 11.4 Å². The van der Waals surface area contributed by atoms with E-state index in [1.807, 2.05) is 49.4 Å². The topological polar surface area (TPSA) is 68.8 Å². The van der Waals surface area contributed by atoms with Crippen LogP contribution in [-0.4, -0.2) is 41.0 Å². The molecule has 6 nitrogen and oxygen atoms in total. The lowest BCUT2D eigenvalue weighted by Gasteiger charge is -2.19. The molecule has 6 heteroatoms. The van der Waals surface area contributed by atoms with Crippen molar-refractivity contribution in [3.05, 3.63) is 64.7 Å². The van der Waals surface area contributed by atoms with E-state index in [9.17, 15) is 9.90 Å². The second-order valence-electron chi connectivity index (χ2n) is 6.37. The van der Waals surface area contributed by atoms with Gasteiger partial charge in [0.1, 0.15) is 18.8 Å². The predicted molar refractivity (Wildman–Crippen MR) is 106 cm³/mol. The van der Waals surface area contributed by atoms with E-state index in [2.05, 4.69) is 6.92 Å². The van der Waals surface area contributed by atoms with Crippen LogP contribution in [0.3, 0.4) is 0 Å². The van der Waals surface area contributed by atoms with E-state index in [1.54, 1.807) is 10.6 Å². The first-order chi connectivity index (χ1) is 13.2. The Morgan fingerprint density at radius 3 is 2.52 bits per heavy atom. The number of aliphatic hydroxyl groups is 1. The van der Waals surface area contributed by atoms with Gasteiger partial charge in [0.15, 0.2) is 5.82 Å². The Bertz CT molecular complexity index is 951. The summed E-state index contributed by atoms with van der Waals surface area (Å²) in [5.74, 6) is 1.46. The number of nitrogens with zero attached hydrogens (tertiary/aromatic N) is 2. The standard InChI is InChI=1S/C21H25N3O3/c1-3-23(13-14-25)15-20-22-19-8-6-5-7-18(19)21(26)24(20)16-9-11-17(12-10-16)27-4-2/h5-12,25H,3-4,13-15H2,1-2H3/p+1. The van der Waals surface area contributed by atoms with E-state index in [0.29, 0.717) is 36.4 Å². The smallest absolute Gasteiger partial charge is 0.266 e. The van der Waals surface area contributed by atoms with Crippen molar-refractivity contribution in [3.63, 3.8) is 0 Å². The number of nitrogens with one attached hydrogen (secondary N) is 1. The van der Waals surface area contributed by atoms with Crippen LogP contribution in [0.2, 0.25) is 0 Å². The summed E-state index contributed by atoms with van der Waals surface area (Å²) in [4.78, 5) is 19.2. The molecule has 27 heavy (non-hydrogen) atoms. The van der Waals surface area contributed by atoms with Crippen molar-refractivity contribution in [2.24, 2.45) is 0 Å². The average molecular weight is 368 g/mol. The highest BCUT2D eigenvalue weighted by Crippen LogP contribution is 2.17. The Labute approximate surface area is 158 Å². The monoisotopic (exact) mass is 368 g/mol. The van der Waals surface area contributed by atoms with Crippen LogP contribution in [0.15, 0.2) is 53.3 Å². The fourth-order valence-corrected chi connectivity index (χ4v) is 3.19. The van der Waals surface area contributed by atoms with Gasteiger partial charge in [-0.05, 0) is 50.2 Å². The van der Waals surface area contributed by atoms with Gasteiger partial charge in [0, 0.05) is 0 Å². The molecular formula is C21H26N3O3+. The average Bonchev–Trinajstić information content (AvgIpc) is 2.69. The Balaban J connectivity index is 2.14. The maximum Gasteiger partial charge on any atom is 0.266 e. The fourth-order valence-electron chi connectivity index (χ4n) is 3.19. The van der Waals surface area contributed by atoms with Crippen LogP contribution in [0, 0.1) is 0 Å². The second kappa shape index (κ2) is 8.79. The molecule has 1 heterocycles. The van der Waals surface area contributed by atoms with E-state index in [1.165, 1.54) is 4.90 Å². The molecule has 0 aliphatic heterocycles. The van der Waals surface area contributed by atoms with Crippen molar-refractivity contribution >= 4 is 10.9 Å². The zero-order valence-corrected chi connectivity index (χ0v) is 15.8. The number of para-hydroxylation sites is 1. The summed E-state index contributed by atoms with van der Waals surface area (Å²) < 4.78 is 7.18. The molecule has 0 saturated carbocycles. The predicted octanol–water partition coefficient (Wildman–Crippen LogP) is 1.18. The zero-order chi connectivity index (χ0) is 19.2. The molecular weight excluding hydrogens is 342 g/mol. The van der Waals surface area contributed by atoms with E-state index in [-0.39, 0.29) is 12.2 Å². The Morgan fingerprint density at radius 1 is 1.11 bits per heavy atom. The number of aliphatic hydroxyl groups excluding tert-OH is 1. The summed E-state index contributed by atoms with van der Waals surface area (Å²) in [6, 6.07) is 14.9. The van der Waals surface area contributed by atoms with Gasteiger partial charge in [-0.15, -0.1) is 0 Å². The third kappa shape index (κ3) is 4.18. The quantitative estimate of drug-likeness (QED) is 0.627. The van der Waals surface area contributed by atoms with Crippen molar-refractivity contribution < 1.29 is 14.7 Å². The van der Waals surface area contributed by atoms with E-state index < -0.39 is 0 Å². The first-order valence-corrected chi connectivity index (χ1v) is 9.36. The Morgan fingerprint density at radius 2 is 1.85 bits per heavy atom. The van der Waals surface area contributed by atoms with Gasteiger partial charge in [-0.25, -0.2) is 4.98 Å². The number of aromatic nitrogens is 2. The number of likely N-dealkylation sites (N-methyl/N-ethyl adjacent to an activating group) is 1. The van der Waals surface area contributed by atoms with Crippen molar-refractivity contribution in [2.45, 2.75) is 20.4 Å². The van der Waals surface area contributed by atoms with Crippen LogP contribution < -0.4 is 15.2 Å². The number of rotatable bonds is 8.